The largest absolute Gasteiger partial charge is 0.454 e. The van der Waals surface area contributed by atoms with Gasteiger partial charge in [0.15, 0.2) is 11.5 Å². The Balaban J connectivity index is 1.63. The quantitative estimate of drug-likeness (QED) is 0.424. The maximum absolute atomic E-state index is 11.3. The van der Waals surface area contributed by atoms with Crippen LogP contribution in [0.25, 0.3) is 0 Å². The highest BCUT2D eigenvalue weighted by molar-refractivity contribution is 5.93. The molecule has 21 heavy (non-hydrogen) atoms. The third kappa shape index (κ3) is 2.84. The molecular formula is C13H13N5O3. The fourth-order valence-electron chi connectivity index (χ4n) is 1.85. The van der Waals surface area contributed by atoms with E-state index in [0.717, 1.165) is 17.1 Å². The van der Waals surface area contributed by atoms with Crippen molar-refractivity contribution in [1.29, 1.82) is 0 Å². The number of anilines is 1. The number of ether oxygens (including phenoxy) is 2. The van der Waals surface area contributed by atoms with Gasteiger partial charge >= 0.3 is 0 Å². The summed E-state index contributed by atoms with van der Waals surface area (Å²) in [4.78, 5) is 19.3. The van der Waals surface area contributed by atoms with Crippen LogP contribution in [0.5, 0.6) is 11.5 Å². The summed E-state index contributed by atoms with van der Waals surface area (Å²) < 4.78 is 10.6. The minimum Gasteiger partial charge on any atom is -0.454 e. The highest BCUT2D eigenvalue weighted by atomic mass is 16.7. The number of carbonyl (C=O) groups is 1. The Morgan fingerprint density at radius 1 is 1.24 bits per heavy atom. The van der Waals surface area contributed by atoms with Gasteiger partial charge in [0, 0.05) is 18.9 Å². The normalized spacial score (nSPS) is 12.0. The molecule has 0 aliphatic carbocycles. The topological polar surface area (TPSA) is 111 Å². The van der Waals surface area contributed by atoms with E-state index in [1.807, 2.05) is 23.6 Å². The summed E-state index contributed by atoms with van der Waals surface area (Å²) in [6, 6.07) is 5.68. The molecule has 2 heterocycles. The Labute approximate surface area is 120 Å². The molecule has 0 atom stereocenters. The summed E-state index contributed by atoms with van der Waals surface area (Å²) in [6.45, 7) is 0.777. The number of aromatic nitrogens is 2. The van der Waals surface area contributed by atoms with Crippen molar-refractivity contribution in [2.45, 2.75) is 6.54 Å². The number of benzene rings is 1. The van der Waals surface area contributed by atoms with Crippen molar-refractivity contribution >= 4 is 11.9 Å². The van der Waals surface area contributed by atoms with Gasteiger partial charge in [0.05, 0.1) is 5.56 Å². The summed E-state index contributed by atoms with van der Waals surface area (Å²) >= 11 is 0. The number of hydrazine groups is 1. The van der Waals surface area contributed by atoms with Crippen molar-refractivity contribution < 1.29 is 14.3 Å². The van der Waals surface area contributed by atoms with E-state index in [2.05, 4.69) is 15.3 Å². The SMILES string of the molecule is NNC(=O)c1cnc(NCc2ccc3c(c2)OCO3)nc1. The van der Waals surface area contributed by atoms with Crippen LogP contribution in [0, 0.1) is 0 Å². The predicted octanol–water partition coefficient (Wildman–Crippen LogP) is 0.421. The smallest absolute Gasteiger partial charge is 0.268 e. The lowest BCUT2D eigenvalue weighted by molar-refractivity contribution is 0.0953. The molecule has 1 aliphatic heterocycles. The van der Waals surface area contributed by atoms with E-state index < -0.39 is 5.91 Å². The molecule has 2 aromatic rings. The van der Waals surface area contributed by atoms with Gasteiger partial charge in [-0.05, 0) is 17.7 Å². The van der Waals surface area contributed by atoms with Gasteiger partial charge in [-0.15, -0.1) is 0 Å². The first-order valence-corrected chi connectivity index (χ1v) is 6.21. The van der Waals surface area contributed by atoms with Crippen LogP contribution in [0.2, 0.25) is 0 Å². The van der Waals surface area contributed by atoms with Gasteiger partial charge in [-0.2, -0.15) is 0 Å². The number of fused-ring (bicyclic) bond motifs is 1. The van der Waals surface area contributed by atoms with Crippen molar-refractivity contribution in [2.24, 2.45) is 5.84 Å². The first-order valence-electron chi connectivity index (χ1n) is 6.21. The van der Waals surface area contributed by atoms with E-state index in [1.165, 1.54) is 12.4 Å². The number of amides is 1. The number of carbonyl (C=O) groups excluding carboxylic acids is 1. The van der Waals surface area contributed by atoms with Gasteiger partial charge in [0.25, 0.3) is 5.91 Å². The molecule has 0 saturated heterocycles. The Morgan fingerprint density at radius 3 is 2.76 bits per heavy atom. The highest BCUT2D eigenvalue weighted by Crippen LogP contribution is 2.32. The monoisotopic (exact) mass is 287 g/mol. The number of nitrogens with one attached hydrogen (secondary N) is 2. The van der Waals surface area contributed by atoms with E-state index in [4.69, 9.17) is 15.3 Å². The molecule has 0 fully saturated rings. The van der Waals surface area contributed by atoms with Gasteiger partial charge < -0.3 is 14.8 Å². The Bertz CT molecular complexity index is 659. The van der Waals surface area contributed by atoms with Gasteiger partial charge in [0.1, 0.15) is 0 Å². The van der Waals surface area contributed by atoms with E-state index in [9.17, 15) is 4.79 Å². The van der Waals surface area contributed by atoms with Crippen molar-refractivity contribution in [2.75, 3.05) is 12.1 Å². The predicted molar refractivity (Wildman–Crippen MR) is 73.6 cm³/mol. The molecule has 1 aromatic carbocycles. The van der Waals surface area contributed by atoms with E-state index in [0.29, 0.717) is 18.1 Å². The zero-order valence-electron chi connectivity index (χ0n) is 11.0. The van der Waals surface area contributed by atoms with Crippen LogP contribution < -0.4 is 26.1 Å². The lowest BCUT2D eigenvalue weighted by Crippen LogP contribution is -2.30. The van der Waals surface area contributed by atoms with E-state index in [-0.39, 0.29) is 6.79 Å². The number of nitrogens with two attached hydrogens (primary N) is 1. The minimum atomic E-state index is -0.433. The Kier molecular flexibility index (Phi) is 3.52. The molecule has 0 radical (unpaired) electrons. The second-order valence-electron chi connectivity index (χ2n) is 4.31. The summed E-state index contributed by atoms with van der Waals surface area (Å²) in [5, 5.41) is 3.05. The molecule has 108 valence electrons. The fourth-order valence-corrected chi connectivity index (χ4v) is 1.85. The van der Waals surface area contributed by atoms with E-state index >= 15 is 0 Å². The van der Waals surface area contributed by atoms with Crippen LogP contribution in [0.4, 0.5) is 5.95 Å². The van der Waals surface area contributed by atoms with Crippen LogP contribution in [-0.4, -0.2) is 22.7 Å². The third-order valence-electron chi connectivity index (χ3n) is 2.93. The van der Waals surface area contributed by atoms with Crippen LogP contribution in [0.3, 0.4) is 0 Å². The zero-order valence-corrected chi connectivity index (χ0v) is 11.0. The molecule has 4 N–H and O–H groups in total. The first-order chi connectivity index (χ1) is 10.3. The number of nitrogen functional groups attached to an aromatic ring is 1. The van der Waals surface area contributed by atoms with Crippen LogP contribution in [-0.2, 0) is 6.54 Å². The fraction of sp³-hybridized carbons (Fsp3) is 0.154. The van der Waals surface area contributed by atoms with Gasteiger partial charge in [0.2, 0.25) is 12.7 Å². The van der Waals surface area contributed by atoms with Crippen molar-refractivity contribution in [1.82, 2.24) is 15.4 Å². The molecule has 1 aromatic heterocycles. The van der Waals surface area contributed by atoms with Crippen molar-refractivity contribution in [3.05, 3.63) is 41.7 Å². The lowest BCUT2D eigenvalue weighted by Gasteiger charge is -2.06. The maximum Gasteiger partial charge on any atom is 0.268 e. The molecule has 0 spiro atoms. The average Bonchev–Trinajstić information content (AvgIpc) is 3.00. The third-order valence-corrected chi connectivity index (χ3v) is 2.93. The molecule has 0 bridgehead atoms. The number of rotatable bonds is 4. The molecular weight excluding hydrogens is 274 g/mol. The van der Waals surface area contributed by atoms with Gasteiger partial charge in [-0.1, -0.05) is 6.07 Å². The van der Waals surface area contributed by atoms with Crippen molar-refractivity contribution in [3.8, 4) is 11.5 Å². The van der Waals surface area contributed by atoms with E-state index in [1.54, 1.807) is 0 Å². The Hall–Kier alpha value is -2.87. The van der Waals surface area contributed by atoms with Gasteiger partial charge in [-0.3, -0.25) is 10.2 Å². The van der Waals surface area contributed by atoms with Crippen LogP contribution in [0.1, 0.15) is 15.9 Å². The standard InChI is InChI=1S/C13H13N5O3/c14-18-12(19)9-5-16-13(17-6-9)15-4-8-1-2-10-11(3-8)21-7-20-10/h1-3,5-6H,4,7,14H2,(H,18,19)(H,15,16,17). The summed E-state index contributed by atoms with van der Waals surface area (Å²) in [5.74, 6) is 6.48. The molecule has 0 saturated carbocycles. The molecule has 3 rings (SSSR count). The maximum atomic E-state index is 11.3. The molecule has 0 unspecified atom stereocenters. The summed E-state index contributed by atoms with van der Waals surface area (Å²) in [7, 11) is 0. The van der Waals surface area contributed by atoms with Gasteiger partial charge in [-0.25, -0.2) is 15.8 Å². The zero-order chi connectivity index (χ0) is 14.7. The summed E-state index contributed by atoms with van der Waals surface area (Å²) in [5.41, 5.74) is 3.32. The number of hydrogen-bond donors (Lipinski definition) is 3. The highest BCUT2D eigenvalue weighted by Gasteiger charge is 2.13. The van der Waals surface area contributed by atoms with Crippen LogP contribution in [0.15, 0.2) is 30.6 Å². The first kappa shape index (κ1) is 13.1. The lowest BCUT2D eigenvalue weighted by atomic mass is 10.2. The molecule has 1 aliphatic rings. The van der Waals surface area contributed by atoms with Crippen molar-refractivity contribution in [3.63, 3.8) is 0 Å². The molecule has 8 nitrogen and oxygen atoms in total. The average molecular weight is 287 g/mol. The second kappa shape index (κ2) is 5.63. The second-order valence-corrected chi connectivity index (χ2v) is 4.31. The number of nitrogens with zero attached hydrogens (tertiary/aromatic N) is 2. The summed E-state index contributed by atoms with van der Waals surface area (Å²) in [6.07, 6.45) is 2.80. The number of hydrogen-bond acceptors (Lipinski definition) is 7. The Morgan fingerprint density at radius 2 is 2.00 bits per heavy atom. The minimum absolute atomic E-state index is 0.250. The molecule has 1 amide bonds. The molecule has 8 heteroatoms. The van der Waals surface area contributed by atoms with Crippen LogP contribution >= 0.6 is 0 Å².